The summed E-state index contributed by atoms with van der Waals surface area (Å²) >= 11 is 0. The van der Waals surface area contributed by atoms with Gasteiger partial charge in [0, 0.05) is 31.1 Å². The first-order chi connectivity index (χ1) is 28.2. The Balaban J connectivity index is 1.34. The number of ether oxygens (including phenoxy) is 1. The molecule has 6 heteroatoms. The Labute approximate surface area is 358 Å². The van der Waals surface area contributed by atoms with Gasteiger partial charge in [-0.15, -0.1) is 0 Å². The van der Waals surface area contributed by atoms with Crippen molar-refractivity contribution in [1.82, 2.24) is 4.98 Å². The molecule has 60 heavy (non-hydrogen) atoms. The molecule has 0 spiro atoms. The van der Waals surface area contributed by atoms with Gasteiger partial charge in [-0.1, -0.05) is 156 Å². The second-order valence-electron chi connectivity index (χ2n) is 21.5. The molecule has 4 heterocycles. The van der Waals surface area contributed by atoms with Gasteiger partial charge in [-0.25, -0.2) is 4.98 Å². The van der Waals surface area contributed by atoms with E-state index in [4.69, 9.17) is 23.3 Å². The molecule has 0 amide bonds. The number of aromatic nitrogens is 1. The van der Waals surface area contributed by atoms with Crippen LogP contribution in [0.25, 0.3) is 10.9 Å². The van der Waals surface area contributed by atoms with Crippen molar-refractivity contribution in [3.05, 3.63) is 157 Å². The number of rotatable bonds is 3. The fraction of sp³-hybridized carbons (Fsp3) is 0.389. The van der Waals surface area contributed by atoms with Gasteiger partial charge in [0.05, 0.1) is 11.2 Å². The highest BCUT2D eigenvalue weighted by Gasteiger charge is 2.36. The Morgan fingerprint density at radius 1 is 0.467 bits per heavy atom. The maximum absolute atomic E-state index is 7.20. The van der Waals surface area contributed by atoms with Gasteiger partial charge >= 0.3 is 8.60 Å². The Bertz CT molecular complexity index is 2560. The van der Waals surface area contributed by atoms with Crippen LogP contribution in [-0.2, 0) is 54.0 Å². The van der Waals surface area contributed by atoms with E-state index in [0.717, 1.165) is 73.0 Å². The molecule has 3 aliphatic heterocycles. The summed E-state index contributed by atoms with van der Waals surface area (Å²) in [4.78, 5) is 5.03. The molecule has 6 bridgehead atoms. The molecule has 5 aromatic carbocycles. The minimum Gasteiger partial charge on any atom is -0.487 e. The average molecular weight is 818 g/mol. The van der Waals surface area contributed by atoms with Crippen molar-refractivity contribution in [1.29, 1.82) is 0 Å². The quantitative estimate of drug-likeness (QED) is 0.166. The molecule has 0 unspecified atom stereocenters. The van der Waals surface area contributed by atoms with Crippen LogP contribution in [0.3, 0.4) is 0 Å². The highest BCUT2D eigenvalue weighted by molar-refractivity contribution is 7.43. The third-order valence-electron chi connectivity index (χ3n) is 12.5. The van der Waals surface area contributed by atoms with Crippen LogP contribution in [0, 0.1) is 0 Å². The van der Waals surface area contributed by atoms with Crippen LogP contribution in [-0.4, -0.2) is 4.98 Å². The van der Waals surface area contributed by atoms with Crippen LogP contribution in [0.4, 0.5) is 0 Å². The summed E-state index contributed by atoms with van der Waals surface area (Å²) in [5.74, 6) is 3.51. The topological polar surface area (TPSA) is 49.8 Å². The third kappa shape index (κ3) is 7.79. The number of pyridine rings is 1. The van der Waals surface area contributed by atoms with Crippen LogP contribution in [0.1, 0.15) is 156 Å². The zero-order valence-electron chi connectivity index (χ0n) is 37.6. The number of hydrogen-bond acceptors (Lipinski definition) is 5. The van der Waals surface area contributed by atoms with Crippen molar-refractivity contribution in [3.8, 4) is 23.0 Å². The second-order valence-corrected chi connectivity index (χ2v) is 22.5. The summed E-state index contributed by atoms with van der Waals surface area (Å²) in [6.45, 7) is 28.0. The predicted octanol–water partition coefficient (Wildman–Crippen LogP) is 14.1. The molecule has 0 saturated carbocycles. The van der Waals surface area contributed by atoms with Gasteiger partial charge in [0.1, 0.15) is 29.6 Å². The number of fused-ring (bicyclic) bond motifs is 3. The van der Waals surface area contributed by atoms with Crippen LogP contribution in [0.2, 0.25) is 0 Å². The molecule has 310 valence electrons. The van der Waals surface area contributed by atoms with E-state index in [0.29, 0.717) is 32.3 Å². The summed E-state index contributed by atoms with van der Waals surface area (Å²) in [7, 11) is -1.87. The zero-order chi connectivity index (χ0) is 42.5. The summed E-state index contributed by atoms with van der Waals surface area (Å²) < 4.78 is 28.6. The Morgan fingerprint density at radius 2 is 0.817 bits per heavy atom. The minimum atomic E-state index is -1.87. The lowest BCUT2D eigenvalue weighted by Gasteiger charge is -2.34. The van der Waals surface area contributed by atoms with Crippen molar-refractivity contribution in [3.63, 3.8) is 0 Å². The van der Waals surface area contributed by atoms with Crippen LogP contribution in [0.5, 0.6) is 23.0 Å². The molecule has 6 aromatic rings. The number of nitrogens with zero attached hydrogens (tertiary/aromatic N) is 1. The van der Waals surface area contributed by atoms with Crippen LogP contribution >= 0.6 is 8.60 Å². The van der Waals surface area contributed by atoms with Crippen molar-refractivity contribution < 1.29 is 18.3 Å². The highest BCUT2D eigenvalue weighted by atomic mass is 31.2. The molecule has 0 N–H and O–H groups in total. The lowest BCUT2D eigenvalue weighted by atomic mass is 9.79. The Kier molecular flexibility index (Phi) is 9.71. The van der Waals surface area contributed by atoms with Gasteiger partial charge in [0.25, 0.3) is 0 Å². The lowest BCUT2D eigenvalue weighted by molar-refractivity contribution is 0.295. The van der Waals surface area contributed by atoms with E-state index in [2.05, 4.69) is 162 Å². The molecular formula is C54H60NO4P. The van der Waals surface area contributed by atoms with Gasteiger partial charge in [0.2, 0.25) is 0 Å². The van der Waals surface area contributed by atoms with E-state index in [1.807, 2.05) is 6.07 Å². The normalized spacial score (nSPS) is 15.1. The molecule has 1 aromatic heterocycles. The summed E-state index contributed by atoms with van der Waals surface area (Å²) in [5, 5.41) is 1.12. The van der Waals surface area contributed by atoms with E-state index < -0.39 is 8.60 Å². The van der Waals surface area contributed by atoms with Crippen LogP contribution in [0.15, 0.2) is 84.9 Å². The smallest absolute Gasteiger partial charge is 0.487 e. The molecular weight excluding hydrogens is 758 g/mol. The monoisotopic (exact) mass is 817 g/mol. The maximum Gasteiger partial charge on any atom is 0.530 e. The molecule has 5 nitrogen and oxygen atoms in total. The van der Waals surface area contributed by atoms with E-state index in [1.54, 1.807) is 0 Å². The van der Waals surface area contributed by atoms with E-state index in [1.165, 1.54) is 33.4 Å². The fourth-order valence-corrected chi connectivity index (χ4v) is 10.0. The summed E-state index contributed by atoms with van der Waals surface area (Å²) in [5.41, 5.74) is 15.8. The van der Waals surface area contributed by atoms with Gasteiger partial charge in [-0.3, -0.25) is 0 Å². The first-order valence-corrected chi connectivity index (χ1v) is 22.7. The fourth-order valence-electron chi connectivity index (χ4n) is 8.77. The van der Waals surface area contributed by atoms with Crippen molar-refractivity contribution in [2.45, 2.75) is 137 Å². The standard InChI is InChI=1S/C54H60NO4P/c1-51(2,3)41-23-33-19-35-25-42(52(4,5)6)27-37-21-39-29-44(54(10,11)12)30-40-22-38-28-43(53(7,8)9)26-36(49(38)58-60(57-48(35)37)59-50(39)40)20-34(24-41)47(33)56-31-45-18-17-32-15-13-14-16-46(32)55-45/h13-18,23-30H,19-22,31H2,1-12H3. The molecule has 9 rings (SSSR count). The van der Waals surface area contributed by atoms with E-state index in [9.17, 15) is 0 Å². The third-order valence-corrected chi connectivity index (χ3v) is 13.5. The number of para-hydroxylation sites is 1. The van der Waals surface area contributed by atoms with Crippen molar-refractivity contribution >= 4 is 19.5 Å². The number of benzene rings is 5. The second kappa shape index (κ2) is 14.4. The van der Waals surface area contributed by atoms with E-state index in [-0.39, 0.29) is 21.7 Å². The van der Waals surface area contributed by atoms with Gasteiger partial charge in [-0.2, -0.15) is 0 Å². The first-order valence-electron chi connectivity index (χ1n) is 21.6. The summed E-state index contributed by atoms with van der Waals surface area (Å²) in [6, 6.07) is 31.5. The molecule has 0 saturated heterocycles. The molecule has 0 aliphatic carbocycles. The zero-order valence-corrected chi connectivity index (χ0v) is 38.5. The Hall–Kier alpha value is -4.86. The summed E-state index contributed by atoms with van der Waals surface area (Å²) in [6.07, 6.45) is 2.61. The largest absolute Gasteiger partial charge is 0.530 e. The van der Waals surface area contributed by atoms with E-state index >= 15 is 0 Å². The molecule has 0 fully saturated rings. The van der Waals surface area contributed by atoms with Gasteiger partial charge < -0.3 is 18.3 Å². The SMILES string of the molecule is CC(C)(C)c1cc2c(OCc3ccc4ccccc4n3)c(c1)Cc1cc(C(C)(C)C)cc3c1OP1Oc4c(cc(C(C)(C)C)cc4Cc4cc(C(C)(C)C)cc(c4O1)C3)C2. The van der Waals surface area contributed by atoms with Crippen molar-refractivity contribution in [2.24, 2.45) is 0 Å². The number of hydrogen-bond donors (Lipinski definition) is 0. The average Bonchev–Trinajstić information content (AvgIpc) is 3.13. The molecule has 3 aliphatic rings. The molecule has 0 atom stereocenters. The van der Waals surface area contributed by atoms with Crippen LogP contribution < -0.4 is 18.3 Å². The van der Waals surface area contributed by atoms with Crippen molar-refractivity contribution in [2.75, 3.05) is 0 Å². The Morgan fingerprint density at radius 3 is 1.20 bits per heavy atom. The first kappa shape index (κ1) is 40.5. The van der Waals surface area contributed by atoms with Gasteiger partial charge in [-0.05, 0) is 101 Å². The predicted molar refractivity (Wildman–Crippen MR) is 247 cm³/mol. The lowest BCUT2D eigenvalue weighted by Crippen LogP contribution is -2.20. The minimum absolute atomic E-state index is 0.0520. The van der Waals surface area contributed by atoms with Gasteiger partial charge in [0.15, 0.2) is 0 Å². The molecule has 0 radical (unpaired) electrons. The highest BCUT2D eigenvalue weighted by Crippen LogP contribution is 2.55. The maximum atomic E-state index is 7.20.